The Morgan fingerprint density at radius 3 is 2.95 bits per heavy atom. The average molecular weight is 400 g/mol. The van der Waals surface area contributed by atoms with Gasteiger partial charge < -0.3 is 4.74 Å². The van der Waals surface area contributed by atoms with Crippen molar-refractivity contribution in [3.05, 3.63) is 39.2 Å². The van der Waals surface area contributed by atoms with Gasteiger partial charge in [-0.25, -0.2) is 0 Å². The van der Waals surface area contributed by atoms with Crippen LogP contribution in [0.15, 0.2) is 33.6 Å². The maximum Gasteiger partial charge on any atom is 0.305 e. The van der Waals surface area contributed by atoms with Crippen molar-refractivity contribution in [2.24, 2.45) is 0 Å². The number of nitrogens with zero attached hydrogens (tertiary/aromatic N) is 1. The highest BCUT2D eigenvalue weighted by atomic mass is 79.9. The van der Waals surface area contributed by atoms with Gasteiger partial charge in [-0.2, -0.15) is 0 Å². The van der Waals surface area contributed by atoms with Crippen LogP contribution >= 0.6 is 39.9 Å². The Bertz CT molecular complexity index is 645. The molecule has 0 radical (unpaired) electrons. The zero-order chi connectivity index (χ0) is 16.1. The van der Waals surface area contributed by atoms with E-state index in [4.69, 9.17) is 12.2 Å². The fourth-order valence-electron chi connectivity index (χ4n) is 1.92. The van der Waals surface area contributed by atoms with Crippen LogP contribution < -0.4 is 0 Å². The first-order valence-electron chi connectivity index (χ1n) is 6.59. The lowest BCUT2D eigenvalue weighted by Gasteiger charge is -2.13. The second-order valence-electron chi connectivity index (χ2n) is 4.57. The summed E-state index contributed by atoms with van der Waals surface area (Å²) in [6.45, 7) is 0.426. The lowest BCUT2D eigenvalue weighted by molar-refractivity contribution is -0.141. The molecule has 4 nitrogen and oxygen atoms in total. The Morgan fingerprint density at radius 2 is 2.27 bits per heavy atom. The number of carbonyl (C=O) groups is 2. The predicted molar refractivity (Wildman–Crippen MR) is 95.3 cm³/mol. The first-order valence-corrected chi connectivity index (χ1v) is 8.61. The summed E-state index contributed by atoms with van der Waals surface area (Å²) in [5.74, 6) is -0.394. The van der Waals surface area contributed by atoms with Crippen molar-refractivity contribution in [1.29, 1.82) is 0 Å². The number of thiocarbonyl (C=S) groups is 1. The summed E-state index contributed by atoms with van der Waals surface area (Å²) in [6, 6.07) is 7.70. The van der Waals surface area contributed by atoms with E-state index in [2.05, 4.69) is 20.7 Å². The number of esters is 1. The highest BCUT2D eigenvalue weighted by molar-refractivity contribution is 9.10. The first kappa shape index (κ1) is 17.2. The van der Waals surface area contributed by atoms with E-state index >= 15 is 0 Å². The Hall–Kier alpha value is -1.18. The van der Waals surface area contributed by atoms with Crippen LogP contribution in [0.2, 0.25) is 0 Å². The molecule has 1 aromatic carbocycles. The molecule has 1 fully saturated rings. The molecule has 0 aliphatic carbocycles. The standard InChI is InChI=1S/C15H14BrNO3S2/c1-20-13(18)6-3-7-17-14(19)12(22-15(17)21)9-10-4-2-5-11(16)8-10/h2,4-5,8-9H,3,6-7H2,1H3/b12-9-. The van der Waals surface area contributed by atoms with Gasteiger partial charge in [0.05, 0.1) is 12.0 Å². The van der Waals surface area contributed by atoms with Gasteiger partial charge in [-0.05, 0) is 30.2 Å². The van der Waals surface area contributed by atoms with Crippen LogP contribution in [0.25, 0.3) is 6.08 Å². The third-order valence-electron chi connectivity index (χ3n) is 3.01. The molecule has 0 N–H and O–H groups in total. The molecule has 22 heavy (non-hydrogen) atoms. The van der Waals surface area contributed by atoms with E-state index in [0.717, 1.165) is 10.0 Å². The van der Waals surface area contributed by atoms with E-state index in [1.54, 1.807) is 0 Å². The highest BCUT2D eigenvalue weighted by Crippen LogP contribution is 2.33. The molecule has 1 aliphatic rings. The normalized spacial score (nSPS) is 16.5. The minimum absolute atomic E-state index is 0.111. The van der Waals surface area contributed by atoms with Crippen LogP contribution in [0.4, 0.5) is 0 Å². The van der Waals surface area contributed by atoms with E-state index in [1.807, 2.05) is 30.3 Å². The second-order valence-corrected chi connectivity index (χ2v) is 7.16. The summed E-state index contributed by atoms with van der Waals surface area (Å²) in [5.41, 5.74) is 0.935. The van der Waals surface area contributed by atoms with Crippen LogP contribution in [0.5, 0.6) is 0 Å². The Morgan fingerprint density at radius 1 is 1.50 bits per heavy atom. The monoisotopic (exact) mass is 399 g/mol. The number of methoxy groups -OCH3 is 1. The van der Waals surface area contributed by atoms with Crippen LogP contribution in [-0.4, -0.2) is 34.8 Å². The fourth-order valence-corrected chi connectivity index (χ4v) is 3.65. The van der Waals surface area contributed by atoms with Gasteiger partial charge in [0.2, 0.25) is 0 Å². The van der Waals surface area contributed by atoms with Crippen LogP contribution in [0.1, 0.15) is 18.4 Å². The van der Waals surface area contributed by atoms with Crippen molar-refractivity contribution in [3.63, 3.8) is 0 Å². The molecule has 0 aromatic heterocycles. The fraction of sp³-hybridized carbons (Fsp3) is 0.267. The smallest absolute Gasteiger partial charge is 0.305 e. The molecule has 0 bridgehead atoms. The molecular weight excluding hydrogens is 386 g/mol. The van der Waals surface area contributed by atoms with Gasteiger partial charge in [0.15, 0.2) is 0 Å². The molecule has 1 aliphatic heterocycles. The zero-order valence-corrected chi connectivity index (χ0v) is 15.1. The minimum Gasteiger partial charge on any atom is -0.469 e. The summed E-state index contributed by atoms with van der Waals surface area (Å²) < 4.78 is 6.06. The molecule has 0 atom stereocenters. The van der Waals surface area contributed by atoms with E-state index in [9.17, 15) is 9.59 Å². The van der Waals surface area contributed by atoms with Gasteiger partial charge in [-0.15, -0.1) is 0 Å². The number of benzene rings is 1. The largest absolute Gasteiger partial charge is 0.469 e. The minimum atomic E-state index is -0.282. The summed E-state index contributed by atoms with van der Waals surface area (Å²) in [7, 11) is 1.35. The van der Waals surface area contributed by atoms with Crippen LogP contribution in [0, 0.1) is 0 Å². The van der Waals surface area contributed by atoms with E-state index in [-0.39, 0.29) is 18.3 Å². The molecule has 0 saturated carbocycles. The van der Waals surface area contributed by atoms with Crippen molar-refractivity contribution in [3.8, 4) is 0 Å². The van der Waals surface area contributed by atoms with Gasteiger partial charge >= 0.3 is 5.97 Å². The highest BCUT2D eigenvalue weighted by Gasteiger charge is 2.31. The number of rotatable bonds is 5. The molecule has 1 amide bonds. The number of hydrogen-bond donors (Lipinski definition) is 0. The zero-order valence-electron chi connectivity index (χ0n) is 11.9. The topological polar surface area (TPSA) is 46.6 Å². The van der Waals surface area contributed by atoms with Crippen molar-refractivity contribution in [2.45, 2.75) is 12.8 Å². The lowest BCUT2D eigenvalue weighted by atomic mass is 10.2. The van der Waals surface area contributed by atoms with Crippen molar-refractivity contribution in [2.75, 3.05) is 13.7 Å². The summed E-state index contributed by atoms with van der Waals surface area (Å²) in [5, 5.41) is 0. The summed E-state index contributed by atoms with van der Waals surface area (Å²) >= 11 is 9.93. The molecule has 2 rings (SSSR count). The number of hydrogen-bond acceptors (Lipinski definition) is 5. The van der Waals surface area contributed by atoms with Gasteiger partial charge in [-0.1, -0.05) is 52.0 Å². The Balaban J connectivity index is 2.03. The van der Waals surface area contributed by atoms with Gasteiger partial charge in [-0.3, -0.25) is 14.5 Å². The van der Waals surface area contributed by atoms with E-state index in [1.165, 1.54) is 23.8 Å². The molecule has 7 heteroatoms. The molecule has 1 aromatic rings. The third-order valence-corrected chi connectivity index (χ3v) is 4.88. The molecule has 1 saturated heterocycles. The lowest BCUT2D eigenvalue weighted by Crippen LogP contribution is -2.29. The molecule has 0 unspecified atom stereocenters. The molecule has 116 valence electrons. The van der Waals surface area contributed by atoms with Crippen molar-refractivity contribution in [1.82, 2.24) is 4.90 Å². The van der Waals surface area contributed by atoms with Gasteiger partial charge in [0.25, 0.3) is 5.91 Å². The first-order chi connectivity index (χ1) is 10.5. The average Bonchev–Trinajstić information content (AvgIpc) is 2.74. The van der Waals surface area contributed by atoms with E-state index < -0.39 is 0 Å². The van der Waals surface area contributed by atoms with Crippen molar-refractivity contribution >= 4 is 62.2 Å². The number of thioether (sulfide) groups is 1. The maximum absolute atomic E-state index is 12.4. The van der Waals surface area contributed by atoms with Gasteiger partial charge in [0.1, 0.15) is 4.32 Å². The van der Waals surface area contributed by atoms with Crippen LogP contribution in [0.3, 0.4) is 0 Å². The number of amides is 1. The number of ether oxygens (including phenoxy) is 1. The summed E-state index contributed by atoms with van der Waals surface area (Å²) in [6.07, 6.45) is 2.63. The SMILES string of the molecule is COC(=O)CCCN1C(=O)/C(=C/c2cccc(Br)c2)SC1=S. The molecule has 0 spiro atoms. The van der Waals surface area contributed by atoms with E-state index in [0.29, 0.717) is 22.2 Å². The summed E-state index contributed by atoms with van der Waals surface area (Å²) in [4.78, 5) is 25.6. The van der Waals surface area contributed by atoms with Gasteiger partial charge in [0, 0.05) is 17.4 Å². The quantitative estimate of drug-likeness (QED) is 0.429. The predicted octanol–water partition coefficient (Wildman–Crippen LogP) is 3.60. The third kappa shape index (κ3) is 4.41. The second kappa shape index (κ2) is 7.89. The molecule has 1 heterocycles. The Labute approximate surface area is 147 Å². The number of carbonyl (C=O) groups excluding carboxylic acids is 2. The number of halogens is 1. The maximum atomic E-state index is 12.4. The molecular formula is C15H14BrNO3S2. The van der Waals surface area contributed by atoms with Crippen molar-refractivity contribution < 1.29 is 14.3 Å². The Kier molecular flexibility index (Phi) is 6.16. The van der Waals surface area contributed by atoms with Crippen LogP contribution in [-0.2, 0) is 14.3 Å².